The van der Waals surface area contributed by atoms with Crippen LogP contribution >= 0.6 is 11.6 Å². The van der Waals surface area contributed by atoms with E-state index in [0.29, 0.717) is 17.3 Å². The summed E-state index contributed by atoms with van der Waals surface area (Å²) in [5.74, 6) is 0.0282. The molecule has 0 saturated heterocycles. The zero-order chi connectivity index (χ0) is 21.6. The first kappa shape index (κ1) is 22.8. The fraction of sp³-hybridized carbons (Fsp3) is 0.391. The Hall–Kier alpha value is -2.53. The summed E-state index contributed by atoms with van der Waals surface area (Å²) in [6.07, 6.45) is 0. The summed E-state index contributed by atoms with van der Waals surface area (Å²) in [4.78, 5) is 27.3. The molecule has 2 amide bonds. The Morgan fingerprint density at radius 2 is 1.83 bits per heavy atom. The quantitative estimate of drug-likeness (QED) is 0.729. The van der Waals surface area contributed by atoms with Gasteiger partial charge in [-0.2, -0.15) is 0 Å². The number of nitrogens with one attached hydrogen (secondary N) is 1. The summed E-state index contributed by atoms with van der Waals surface area (Å²) in [5, 5.41) is 3.48. The number of rotatable bonds is 7. The second kappa shape index (κ2) is 9.79. The van der Waals surface area contributed by atoms with Gasteiger partial charge in [0.05, 0.1) is 0 Å². The van der Waals surface area contributed by atoms with Crippen LogP contribution < -0.4 is 10.1 Å². The number of carbonyl (C=O) groups is 2. The normalized spacial score (nSPS) is 12.2. The van der Waals surface area contributed by atoms with E-state index in [2.05, 4.69) is 5.32 Å². The lowest BCUT2D eigenvalue weighted by atomic mass is 10.1. The summed E-state index contributed by atoms with van der Waals surface area (Å²) in [6.45, 7) is 9.59. The molecule has 0 bridgehead atoms. The highest BCUT2D eigenvalue weighted by Gasteiger charge is 2.29. The average Bonchev–Trinajstić information content (AvgIpc) is 2.63. The number of nitrogens with zero attached hydrogens (tertiary/aromatic N) is 1. The molecular formula is C23H29ClN2O3. The maximum absolute atomic E-state index is 13.0. The van der Waals surface area contributed by atoms with E-state index in [0.717, 1.165) is 11.1 Å². The van der Waals surface area contributed by atoms with Gasteiger partial charge >= 0.3 is 0 Å². The first-order valence-corrected chi connectivity index (χ1v) is 9.99. The van der Waals surface area contributed by atoms with Crippen molar-refractivity contribution in [2.24, 2.45) is 0 Å². The van der Waals surface area contributed by atoms with E-state index < -0.39 is 6.04 Å². The lowest BCUT2D eigenvalue weighted by molar-refractivity contribution is -0.142. The molecule has 0 fully saturated rings. The molecule has 0 unspecified atom stereocenters. The second-order valence-electron chi connectivity index (χ2n) is 8.11. The number of carbonyl (C=O) groups excluding carboxylic acids is 2. The van der Waals surface area contributed by atoms with Crippen molar-refractivity contribution in [2.45, 2.75) is 52.7 Å². The van der Waals surface area contributed by atoms with Crippen LogP contribution in [0, 0.1) is 6.92 Å². The van der Waals surface area contributed by atoms with Crippen LogP contribution in [-0.2, 0) is 16.1 Å². The summed E-state index contributed by atoms with van der Waals surface area (Å²) in [6, 6.07) is 14.0. The van der Waals surface area contributed by atoms with Gasteiger partial charge in [0.25, 0.3) is 5.91 Å². The summed E-state index contributed by atoms with van der Waals surface area (Å²) < 4.78 is 5.62. The largest absolute Gasteiger partial charge is 0.484 e. The Labute approximate surface area is 178 Å². The van der Waals surface area contributed by atoms with Crippen molar-refractivity contribution >= 4 is 23.4 Å². The van der Waals surface area contributed by atoms with Crippen LogP contribution in [0.25, 0.3) is 0 Å². The fourth-order valence-corrected chi connectivity index (χ4v) is 2.99. The van der Waals surface area contributed by atoms with Gasteiger partial charge in [-0.05, 0) is 63.9 Å². The van der Waals surface area contributed by atoms with Crippen molar-refractivity contribution in [3.63, 3.8) is 0 Å². The summed E-state index contributed by atoms with van der Waals surface area (Å²) in [5.41, 5.74) is 1.66. The lowest BCUT2D eigenvalue weighted by Gasteiger charge is -2.31. The van der Waals surface area contributed by atoms with Gasteiger partial charge in [-0.1, -0.05) is 41.9 Å². The molecule has 0 saturated carbocycles. The van der Waals surface area contributed by atoms with E-state index in [1.807, 2.05) is 52.0 Å². The number of ether oxygens (including phenoxy) is 1. The van der Waals surface area contributed by atoms with Crippen LogP contribution in [0.3, 0.4) is 0 Å². The smallest absolute Gasteiger partial charge is 0.261 e. The van der Waals surface area contributed by atoms with Gasteiger partial charge in [0.2, 0.25) is 5.91 Å². The van der Waals surface area contributed by atoms with Crippen molar-refractivity contribution in [1.82, 2.24) is 10.2 Å². The topological polar surface area (TPSA) is 58.6 Å². The Bertz CT molecular complexity index is 861. The third kappa shape index (κ3) is 7.09. The molecule has 0 spiro atoms. The highest BCUT2D eigenvalue weighted by molar-refractivity contribution is 6.30. The maximum atomic E-state index is 13.0. The molecule has 0 heterocycles. The number of aryl methyl sites for hydroxylation is 1. The zero-order valence-corrected chi connectivity index (χ0v) is 18.4. The first-order chi connectivity index (χ1) is 13.6. The Balaban J connectivity index is 2.19. The maximum Gasteiger partial charge on any atom is 0.261 e. The van der Waals surface area contributed by atoms with Gasteiger partial charge in [0, 0.05) is 17.1 Å². The molecule has 29 heavy (non-hydrogen) atoms. The van der Waals surface area contributed by atoms with E-state index in [9.17, 15) is 9.59 Å². The molecule has 1 N–H and O–H groups in total. The van der Waals surface area contributed by atoms with Gasteiger partial charge in [0.1, 0.15) is 11.8 Å². The molecule has 0 radical (unpaired) electrons. The standard InChI is InChI=1S/C23H29ClN2O3/c1-16-9-6-7-10-18(16)14-26(17(2)22(28)25-23(3,4)5)21(27)15-29-20-12-8-11-19(24)13-20/h6-13,17H,14-15H2,1-5H3,(H,25,28)/t17-/m1/s1. The Morgan fingerprint density at radius 1 is 1.14 bits per heavy atom. The molecule has 1 atom stereocenters. The van der Waals surface area contributed by atoms with Crippen LogP contribution in [0.2, 0.25) is 5.02 Å². The number of benzene rings is 2. The molecule has 156 valence electrons. The van der Waals surface area contributed by atoms with Crippen LogP contribution in [0.15, 0.2) is 48.5 Å². The van der Waals surface area contributed by atoms with Crippen LogP contribution in [0.1, 0.15) is 38.8 Å². The highest BCUT2D eigenvalue weighted by Crippen LogP contribution is 2.18. The van der Waals surface area contributed by atoms with E-state index >= 15 is 0 Å². The van der Waals surface area contributed by atoms with Gasteiger partial charge in [-0.15, -0.1) is 0 Å². The first-order valence-electron chi connectivity index (χ1n) is 9.61. The van der Waals surface area contributed by atoms with Crippen molar-refractivity contribution in [1.29, 1.82) is 0 Å². The van der Waals surface area contributed by atoms with Gasteiger partial charge in [-0.25, -0.2) is 0 Å². The van der Waals surface area contributed by atoms with Gasteiger partial charge < -0.3 is 15.0 Å². The number of halogens is 1. The summed E-state index contributed by atoms with van der Waals surface area (Å²) >= 11 is 5.97. The van der Waals surface area contributed by atoms with Crippen molar-refractivity contribution in [3.8, 4) is 5.75 Å². The van der Waals surface area contributed by atoms with Crippen molar-refractivity contribution in [2.75, 3.05) is 6.61 Å². The third-order valence-electron chi connectivity index (χ3n) is 4.43. The molecule has 0 aromatic heterocycles. The van der Waals surface area contributed by atoms with Gasteiger partial charge in [-0.3, -0.25) is 9.59 Å². The highest BCUT2D eigenvalue weighted by atomic mass is 35.5. The van der Waals surface area contributed by atoms with Gasteiger partial charge in [0.15, 0.2) is 6.61 Å². The SMILES string of the molecule is Cc1ccccc1CN(C(=O)COc1cccc(Cl)c1)[C@H](C)C(=O)NC(C)(C)C. The predicted octanol–water partition coefficient (Wildman–Crippen LogP) is 4.36. The molecule has 2 rings (SSSR count). The second-order valence-corrected chi connectivity index (χ2v) is 8.55. The molecule has 2 aromatic rings. The molecule has 0 aliphatic rings. The number of hydrogen-bond donors (Lipinski definition) is 1. The minimum atomic E-state index is -0.649. The summed E-state index contributed by atoms with van der Waals surface area (Å²) in [7, 11) is 0. The van der Waals surface area contributed by atoms with Crippen LogP contribution in [0.5, 0.6) is 5.75 Å². The Kier molecular flexibility index (Phi) is 7.68. The average molecular weight is 417 g/mol. The lowest BCUT2D eigenvalue weighted by Crippen LogP contribution is -2.53. The van der Waals surface area contributed by atoms with E-state index in [1.54, 1.807) is 36.1 Å². The monoisotopic (exact) mass is 416 g/mol. The van der Waals surface area contributed by atoms with Crippen molar-refractivity contribution < 1.29 is 14.3 Å². The predicted molar refractivity (Wildman–Crippen MR) is 116 cm³/mol. The van der Waals surface area contributed by atoms with E-state index in [4.69, 9.17) is 16.3 Å². The van der Waals surface area contributed by atoms with Crippen molar-refractivity contribution in [3.05, 3.63) is 64.7 Å². The molecule has 0 aliphatic carbocycles. The Morgan fingerprint density at radius 3 is 2.45 bits per heavy atom. The van der Waals surface area contributed by atoms with Crippen LogP contribution in [-0.4, -0.2) is 34.9 Å². The molecular weight excluding hydrogens is 388 g/mol. The molecule has 5 nitrogen and oxygen atoms in total. The molecule has 2 aromatic carbocycles. The zero-order valence-electron chi connectivity index (χ0n) is 17.7. The third-order valence-corrected chi connectivity index (χ3v) is 4.66. The van der Waals surface area contributed by atoms with E-state index in [1.165, 1.54) is 0 Å². The minimum absolute atomic E-state index is 0.181. The fourth-order valence-electron chi connectivity index (χ4n) is 2.81. The van der Waals surface area contributed by atoms with Crippen LogP contribution in [0.4, 0.5) is 0 Å². The molecule has 0 aliphatic heterocycles. The number of amides is 2. The minimum Gasteiger partial charge on any atom is -0.484 e. The number of hydrogen-bond acceptors (Lipinski definition) is 3. The molecule has 6 heteroatoms. The van der Waals surface area contributed by atoms with E-state index in [-0.39, 0.29) is 24.0 Å².